The Kier molecular flexibility index (Phi) is 3.91. The minimum absolute atomic E-state index is 0.0497. The van der Waals surface area contributed by atoms with E-state index in [4.69, 9.17) is 8.83 Å². The maximum atomic E-state index is 12.5. The van der Waals surface area contributed by atoms with Crippen LogP contribution in [-0.2, 0) is 15.6 Å². The first-order chi connectivity index (χ1) is 12.4. The smallest absolute Gasteiger partial charge is 0.349 e. The number of fused-ring (bicyclic) bond motifs is 1. The van der Waals surface area contributed by atoms with Gasteiger partial charge in [-0.15, -0.1) is 0 Å². The number of carbonyl (C=O) groups is 1. The number of amides is 1. The third-order valence-corrected chi connectivity index (χ3v) is 6.44. The predicted octanol–water partition coefficient (Wildman–Crippen LogP) is 1.83. The second-order valence-electron chi connectivity index (χ2n) is 6.20. The number of benzene rings is 1. The number of para-hydroxylation sites is 1. The Morgan fingerprint density at radius 2 is 1.92 bits per heavy atom. The molecule has 1 fully saturated rings. The Morgan fingerprint density at radius 1 is 1.15 bits per heavy atom. The van der Waals surface area contributed by atoms with E-state index in [2.05, 4.69) is 0 Å². The van der Waals surface area contributed by atoms with Gasteiger partial charge in [-0.2, -0.15) is 0 Å². The van der Waals surface area contributed by atoms with Gasteiger partial charge in [-0.25, -0.2) is 13.2 Å². The summed E-state index contributed by atoms with van der Waals surface area (Å²) in [6, 6.07) is 11.6. The van der Waals surface area contributed by atoms with Gasteiger partial charge in [-0.3, -0.25) is 4.79 Å². The van der Waals surface area contributed by atoms with Crippen LogP contribution >= 0.6 is 0 Å². The Labute approximate surface area is 148 Å². The second kappa shape index (κ2) is 6.14. The monoisotopic (exact) mass is 373 g/mol. The van der Waals surface area contributed by atoms with Crippen molar-refractivity contribution in [3.63, 3.8) is 0 Å². The van der Waals surface area contributed by atoms with Crippen molar-refractivity contribution in [3.8, 4) is 0 Å². The molecule has 0 radical (unpaired) electrons. The first-order valence-electron chi connectivity index (χ1n) is 8.00. The molecule has 26 heavy (non-hydrogen) atoms. The summed E-state index contributed by atoms with van der Waals surface area (Å²) >= 11 is 0. The van der Waals surface area contributed by atoms with Crippen molar-refractivity contribution < 1.29 is 22.0 Å². The lowest BCUT2D eigenvalue weighted by atomic mass is 10.1. The molecule has 1 aromatic carbocycles. The van der Waals surface area contributed by atoms with Crippen molar-refractivity contribution in [2.75, 3.05) is 13.1 Å². The van der Waals surface area contributed by atoms with Gasteiger partial charge in [0.2, 0.25) is 0 Å². The number of furan rings is 1. The predicted molar refractivity (Wildman–Crippen MR) is 93.5 cm³/mol. The summed E-state index contributed by atoms with van der Waals surface area (Å²) in [7, 11) is -3.43. The third kappa shape index (κ3) is 2.92. The van der Waals surface area contributed by atoms with Crippen LogP contribution < -0.4 is 5.63 Å². The minimum atomic E-state index is -3.43. The van der Waals surface area contributed by atoms with E-state index in [9.17, 15) is 18.0 Å². The highest BCUT2D eigenvalue weighted by molar-refractivity contribution is 7.91. The maximum absolute atomic E-state index is 12.5. The molecule has 2 aromatic heterocycles. The van der Waals surface area contributed by atoms with Crippen LogP contribution in [0.25, 0.3) is 11.0 Å². The normalized spacial score (nSPS) is 15.2. The van der Waals surface area contributed by atoms with Gasteiger partial charge in [0.1, 0.15) is 22.7 Å². The van der Waals surface area contributed by atoms with Gasteiger partial charge >= 0.3 is 5.63 Å². The minimum Gasteiger partial charge on any atom is -0.468 e. The average Bonchev–Trinajstić information content (AvgIpc) is 3.04. The van der Waals surface area contributed by atoms with E-state index in [1.54, 1.807) is 36.4 Å². The van der Waals surface area contributed by atoms with E-state index in [0.29, 0.717) is 16.7 Å². The zero-order valence-corrected chi connectivity index (χ0v) is 14.4. The Hall–Kier alpha value is -2.87. The highest BCUT2D eigenvalue weighted by atomic mass is 32.2. The van der Waals surface area contributed by atoms with Crippen molar-refractivity contribution in [1.82, 2.24) is 4.90 Å². The highest BCUT2D eigenvalue weighted by Crippen LogP contribution is 2.23. The Morgan fingerprint density at radius 3 is 2.65 bits per heavy atom. The molecule has 3 heterocycles. The van der Waals surface area contributed by atoms with Crippen LogP contribution in [0, 0.1) is 0 Å². The molecule has 0 spiro atoms. The highest BCUT2D eigenvalue weighted by Gasteiger charge is 2.41. The second-order valence-corrected chi connectivity index (χ2v) is 8.49. The van der Waals surface area contributed by atoms with E-state index >= 15 is 0 Å². The summed E-state index contributed by atoms with van der Waals surface area (Å²) in [5.74, 6) is -0.357. The summed E-state index contributed by atoms with van der Waals surface area (Å²) in [6.45, 7) is 0.0995. The van der Waals surface area contributed by atoms with Crippen molar-refractivity contribution in [2.45, 2.75) is 11.0 Å². The van der Waals surface area contributed by atoms with Gasteiger partial charge in [0, 0.05) is 18.5 Å². The molecule has 0 N–H and O–H groups in total. The number of rotatable bonds is 4. The van der Waals surface area contributed by atoms with Gasteiger partial charge in [-0.05, 0) is 24.3 Å². The molecule has 0 aliphatic carbocycles. The fraction of sp³-hybridized carbons (Fsp3) is 0.222. The average molecular weight is 373 g/mol. The summed E-state index contributed by atoms with van der Waals surface area (Å²) < 4.78 is 34.9. The van der Waals surface area contributed by atoms with Crippen molar-refractivity contribution in [1.29, 1.82) is 0 Å². The SMILES string of the molecule is O=C(c1cc2ccccc2oc1=O)N1CC(S(=O)(=O)Cc2ccco2)C1. The molecule has 1 aliphatic heterocycles. The molecular weight excluding hydrogens is 358 g/mol. The summed E-state index contributed by atoms with van der Waals surface area (Å²) in [5.41, 5.74) is -0.419. The molecule has 1 saturated heterocycles. The molecule has 0 atom stereocenters. The fourth-order valence-electron chi connectivity index (χ4n) is 2.92. The van der Waals surface area contributed by atoms with Gasteiger partial charge in [0.15, 0.2) is 9.84 Å². The van der Waals surface area contributed by atoms with Gasteiger partial charge in [0.25, 0.3) is 5.91 Å². The molecule has 7 nitrogen and oxygen atoms in total. The Balaban J connectivity index is 1.50. The summed E-state index contributed by atoms with van der Waals surface area (Å²) in [4.78, 5) is 25.9. The first kappa shape index (κ1) is 16.6. The van der Waals surface area contributed by atoms with Crippen molar-refractivity contribution >= 4 is 26.7 Å². The van der Waals surface area contributed by atoms with Crippen LogP contribution in [0.1, 0.15) is 16.1 Å². The molecule has 1 amide bonds. The quantitative estimate of drug-likeness (QED) is 0.647. The molecule has 134 valence electrons. The molecule has 4 rings (SSSR count). The lowest BCUT2D eigenvalue weighted by molar-refractivity contribution is 0.0654. The number of hydrogen-bond donors (Lipinski definition) is 0. The number of nitrogens with zero attached hydrogens (tertiary/aromatic N) is 1. The van der Waals surface area contributed by atoms with Crippen molar-refractivity contribution in [2.24, 2.45) is 0 Å². The van der Waals surface area contributed by atoms with Gasteiger partial charge < -0.3 is 13.7 Å². The standard InChI is InChI=1S/C18H15NO6S/c20-17(15-8-12-4-1-2-6-16(12)25-18(15)21)19-9-14(10-19)26(22,23)11-13-5-3-7-24-13/h1-8,14H,9-11H2. The molecule has 0 bridgehead atoms. The topological polar surface area (TPSA) is 97.8 Å². The van der Waals surface area contributed by atoms with Gasteiger partial charge in [0.05, 0.1) is 11.5 Å². The van der Waals surface area contributed by atoms with Crippen LogP contribution in [0.4, 0.5) is 0 Å². The molecule has 0 saturated carbocycles. The van der Waals surface area contributed by atoms with Crippen LogP contribution in [-0.4, -0.2) is 37.6 Å². The summed E-state index contributed by atoms with van der Waals surface area (Å²) in [6.07, 6.45) is 1.42. The van der Waals surface area contributed by atoms with Gasteiger partial charge in [-0.1, -0.05) is 18.2 Å². The number of carbonyl (C=O) groups excluding carboxylic acids is 1. The van der Waals surface area contributed by atoms with E-state index in [0.717, 1.165) is 0 Å². The third-order valence-electron chi connectivity index (χ3n) is 4.44. The van der Waals surface area contributed by atoms with E-state index in [-0.39, 0.29) is 24.4 Å². The molecule has 8 heteroatoms. The number of likely N-dealkylation sites (tertiary alicyclic amines) is 1. The number of sulfone groups is 1. The zero-order chi connectivity index (χ0) is 18.3. The van der Waals surface area contributed by atoms with Crippen LogP contribution in [0.15, 0.2) is 62.4 Å². The van der Waals surface area contributed by atoms with Crippen LogP contribution in [0.5, 0.6) is 0 Å². The largest absolute Gasteiger partial charge is 0.468 e. The van der Waals surface area contributed by atoms with E-state index in [1.165, 1.54) is 17.2 Å². The number of hydrogen-bond acceptors (Lipinski definition) is 6. The van der Waals surface area contributed by atoms with Crippen molar-refractivity contribution in [3.05, 3.63) is 70.5 Å². The molecule has 1 aliphatic rings. The zero-order valence-electron chi connectivity index (χ0n) is 13.6. The molecule has 0 unspecified atom stereocenters. The first-order valence-corrected chi connectivity index (χ1v) is 9.72. The fourth-order valence-corrected chi connectivity index (χ4v) is 4.53. The maximum Gasteiger partial charge on any atom is 0.349 e. The molecule has 3 aromatic rings. The lowest BCUT2D eigenvalue weighted by Gasteiger charge is -2.38. The van der Waals surface area contributed by atoms with E-state index in [1.807, 2.05) is 0 Å². The summed E-state index contributed by atoms with van der Waals surface area (Å²) in [5, 5.41) is -0.0259. The van der Waals surface area contributed by atoms with E-state index < -0.39 is 26.6 Å². The Bertz CT molecular complexity index is 1120. The van der Waals surface area contributed by atoms with Crippen LogP contribution in [0.2, 0.25) is 0 Å². The van der Waals surface area contributed by atoms with Crippen LogP contribution in [0.3, 0.4) is 0 Å². The lowest BCUT2D eigenvalue weighted by Crippen LogP contribution is -2.57. The molecular formula is C18H15NO6S.